The van der Waals surface area contributed by atoms with Crippen LogP contribution in [0, 0.1) is 34.5 Å². The van der Waals surface area contributed by atoms with Crippen LogP contribution in [0.5, 0.6) is 0 Å². The van der Waals surface area contributed by atoms with E-state index in [0.29, 0.717) is 11.1 Å². The first-order valence-corrected chi connectivity index (χ1v) is 10.7. The van der Waals surface area contributed by atoms with Gasteiger partial charge in [0.15, 0.2) is 0 Å². The smallest absolute Gasteiger partial charge is 0.220 e. The standard InChI is InChI=1S/C21H36N2/c1-19-8-3-4-17(19)16-6-5-15-14-21(22-12-13-23-21)11-10-20(15,2)18(16)7-9-19/h15-18,22-23H,3-14H2,1-2H3/p+2/t15-,16+,17+,18-,19-,20+/m1/s1. The quantitative estimate of drug-likeness (QED) is 0.687. The van der Waals surface area contributed by atoms with Crippen LogP contribution in [0.25, 0.3) is 0 Å². The summed E-state index contributed by atoms with van der Waals surface area (Å²) in [7, 11) is 0. The Hall–Kier alpha value is -0.0800. The van der Waals surface area contributed by atoms with Crippen LogP contribution in [-0.4, -0.2) is 18.8 Å². The van der Waals surface area contributed by atoms with Gasteiger partial charge in [0.1, 0.15) is 13.1 Å². The molecule has 5 fully saturated rings. The maximum atomic E-state index is 2.73. The third-order valence-electron chi connectivity index (χ3n) is 9.87. The van der Waals surface area contributed by atoms with Crippen LogP contribution in [-0.2, 0) is 0 Å². The van der Waals surface area contributed by atoms with Gasteiger partial charge < -0.3 is 0 Å². The number of quaternary nitrogens is 2. The van der Waals surface area contributed by atoms with Crippen molar-refractivity contribution in [3.63, 3.8) is 0 Å². The Kier molecular flexibility index (Phi) is 3.29. The Morgan fingerprint density at radius 3 is 2.43 bits per heavy atom. The van der Waals surface area contributed by atoms with Gasteiger partial charge in [-0.3, -0.25) is 10.6 Å². The van der Waals surface area contributed by atoms with Crippen LogP contribution in [0.2, 0.25) is 0 Å². The Balaban J connectivity index is 1.41. The Bertz CT molecular complexity index is 482. The van der Waals surface area contributed by atoms with Gasteiger partial charge in [0.25, 0.3) is 0 Å². The van der Waals surface area contributed by atoms with Crippen molar-refractivity contribution in [3.05, 3.63) is 0 Å². The average molecular weight is 319 g/mol. The van der Waals surface area contributed by atoms with Gasteiger partial charge in [-0.25, -0.2) is 0 Å². The first-order chi connectivity index (χ1) is 11.0. The molecular formula is C21H38N2+2. The monoisotopic (exact) mass is 318 g/mol. The number of nitrogens with two attached hydrogens (primary N) is 2. The molecule has 0 aromatic heterocycles. The molecule has 4 aliphatic carbocycles. The molecule has 4 saturated carbocycles. The van der Waals surface area contributed by atoms with Gasteiger partial charge >= 0.3 is 0 Å². The molecule has 5 aliphatic rings. The van der Waals surface area contributed by atoms with Crippen molar-refractivity contribution in [1.82, 2.24) is 0 Å². The van der Waals surface area contributed by atoms with Gasteiger partial charge in [-0.1, -0.05) is 20.3 Å². The second-order valence-corrected chi connectivity index (χ2v) is 10.7. The summed E-state index contributed by atoms with van der Waals surface area (Å²) in [5.74, 6) is 4.26. The molecule has 2 nitrogen and oxygen atoms in total. The molecule has 1 saturated heterocycles. The zero-order valence-corrected chi connectivity index (χ0v) is 15.4. The molecule has 0 bridgehead atoms. The van der Waals surface area contributed by atoms with E-state index in [2.05, 4.69) is 24.5 Å². The molecular weight excluding hydrogens is 280 g/mol. The van der Waals surface area contributed by atoms with Crippen molar-refractivity contribution >= 4 is 0 Å². The average Bonchev–Trinajstić information content (AvgIpc) is 3.15. The van der Waals surface area contributed by atoms with Gasteiger partial charge in [0, 0.05) is 0 Å². The normalized spacial score (nSPS) is 54.5. The van der Waals surface area contributed by atoms with Crippen molar-refractivity contribution in [2.75, 3.05) is 13.1 Å². The summed E-state index contributed by atoms with van der Waals surface area (Å²) >= 11 is 0. The van der Waals surface area contributed by atoms with E-state index < -0.39 is 0 Å². The Morgan fingerprint density at radius 1 is 0.783 bits per heavy atom. The third kappa shape index (κ3) is 2.06. The van der Waals surface area contributed by atoms with Crippen LogP contribution in [0.1, 0.15) is 78.1 Å². The van der Waals surface area contributed by atoms with E-state index in [1.807, 2.05) is 0 Å². The summed E-state index contributed by atoms with van der Waals surface area (Å²) in [6.07, 6.45) is 15.4. The zero-order valence-electron chi connectivity index (χ0n) is 15.4. The van der Waals surface area contributed by atoms with E-state index in [4.69, 9.17) is 0 Å². The lowest BCUT2D eigenvalue weighted by Gasteiger charge is -2.60. The minimum atomic E-state index is 0.563. The van der Waals surface area contributed by atoms with Crippen LogP contribution < -0.4 is 10.6 Å². The Labute approximate surface area is 142 Å². The molecule has 5 rings (SSSR count). The highest BCUT2D eigenvalue weighted by Crippen LogP contribution is 2.66. The lowest BCUT2D eigenvalue weighted by atomic mass is 9.44. The number of hydrogen-bond donors (Lipinski definition) is 2. The van der Waals surface area contributed by atoms with Gasteiger partial charge in [0.05, 0.1) is 12.8 Å². The second kappa shape index (κ2) is 4.97. The SMILES string of the molecule is C[C@]12CCC[C@H]1[C@@H]1CC[C@@H]3CC4(CC[C@]3(C)[C@@H]1CC2)[NH2+]CC[NH2+]4. The highest BCUT2D eigenvalue weighted by Gasteiger charge is 2.61. The molecule has 6 atom stereocenters. The van der Waals surface area contributed by atoms with Crippen LogP contribution in [0.15, 0.2) is 0 Å². The van der Waals surface area contributed by atoms with Gasteiger partial charge in [-0.15, -0.1) is 0 Å². The van der Waals surface area contributed by atoms with Crippen molar-refractivity contribution in [2.45, 2.75) is 83.7 Å². The third-order valence-corrected chi connectivity index (χ3v) is 9.87. The van der Waals surface area contributed by atoms with E-state index >= 15 is 0 Å². The van der Waals surface area contributed by atoms with Crippen molar-refractivity contribution in [3.8, 4) is 0 Å². The van der Waals surface area contributed by atoms with Crippen molar-refractivity contribution in [1.29, 1.82) is 0 Å². The van der Waals surface area contributed by atoms with E-state index in [-0.39, 0.29) is 0 Å². The maximum absolute atomic E-state index is 2.73. The minimum Gasteiger partial charge on any atom is -0.290 e. The summed E-state index contributed by atoms with van der Waals surface area (Å²) in [6.45, 7) is 8.09. The molecule has 1 spiro atoms. The first kappa shape index (κ1) is 15.2. The molecule has 4 N–H and O–H groups in total. The first-order valence-electron chi connectivity index (χ1n) is 10.7. The summed E-state index contributed by atoms with van der Waals surface area (Å²) in [5.41, 5.74) is 1.98. The minimum absolute atomic E-state index is 0.563. The summed E-state index contributed by atoms with van der Waals surface area (Å²) in [5, 5.41) is 5.40. The number of fused-ring (bicyclic) bond motifs is 5. The van der Waals surface area contributed by atoms with Gasteiger partial charge in [0.2, 0.25) is 5.66 Å². The molecule has 23 heavy (non-hydrogen) atoms. The number of rotatable bonds is 0. The van der Waals surface area contributed by atoms with Gasteiger partial charge in [-0.05, 0) is 79.4 Å². The molecule has 0 aromatic rings. The highest BCUT2D eigenvalue weighted by molar-refractivity contribution is 5.07. The lowest BCUT2D eigenvalue weighted by molar-refractivity contribution is -0.891. The fourth-order valence-corrected chi connectivity index (χ4v) is 8.51. The highest BCUT2D eigenvalue weighted by atomic mass is 15.3. The molecule has 0 radical (unpaired) electrons. The molecule has 1 heterocycles. The maximum Gasteiger partial charge on any atom is 0.220 e. The van der Waals surface area contributed by atoms with E-state index in [1.165, 1.54) is 45.2 Å². The van der Waals surface area contributed by atoms with E-state index in [0.717, 1.165) is 29.1 Å². The van der Waals surface area contributed by atoms with Crippen LogP contribution in [0.4, 0.5) is 0 Å². The second-order valence-electron chi connectivity index (χ2n) is 10.7. The van der Waals surface area contributed by atoms with E-state index in [1.54, 1.807) is 32.1 Å². The van der Waals surface area contributed by atoms with Crippen LogP contribution >= 0.6 is 0 Å². The lowest BCUT2D eigenvalue weighted by Crippen LogP contribution is -3.12. The zero-order chi connectivity index (χ0) is 15.7. The predicted molar refractivity (Wildman–Crippen MR) is 92.7 cm³/mol. The van der Waals surface area contributed by atoms with Crippen molar-refractivity contribution in [2.24, 2.45) is 34.5 Å². The van der Waals surface area contributed by atoms with Crippen LogP contribution in [0.3, 0.4) is 0 Å². The van der Waals surface area contributed by atoms with Gasteiger partial charge in [-0.2, -0.15) is 0 Å². The molecule has 130 valence electrons. The topological polar surface area (TPSA) is 33.2 Å². The molecule has 1 aliphatic heterocycles. The Morgan fingerprint density at radius 2 is 1.61 bits per heavy atom. The fraction of sp³-hybridized carbons (Fsp3) is 1.00. The van der Waals surface area contributed by atoms with E-state index in [9.17, 15) is 0 Å². The largest absolute Gasteiger partial charge is 0.290 e. The number of hydrogen-bond acceptors (Lipinski definition) is 0. The molecule has 0 unspecified atom stereocenters. The molecule has 2 heteroatoms. The summed E-state index contributed by atoms with van der Waals surface area (Å²) in [4.78, 5) is 0. The summed E-state index contributed by atoms with van der Waals surface area (Å²) < 4.78 is 0. The fourth-order valence-electron chi connectivity index (χ4n) is 8.51. The molecule has 0 amide bonds. The molecule has 0 aromatic carbocycles. The predicted octanol–water partition coefficient (Wildman–Crippen LogP) is 2.26. The summed E-state index contributed by atoms with van der Waals surface area (Å²) in [6, 6.07) is 0. The van der Waals surface area contributed by atoms with Crippen molar-refractivity contribution < 1.29 is 10.6 Å².